The number of hydrogen-bond acceptors (Lipinski definition) is 3. The molecule has 0 aromatic heterocycles. The second-order valence-corrected chi connectivity index (χ2v) is 7.51. The fourth-order valence-electron chi connectivity index (χ4n) is 4.28. The normalized spacial score (nSPS) is 21.4. The molecule has 6 heteroatoms. The summed E-state index contributed by atoms with van der Waals surface area (Å²) < 4.78 is 13.5. The quantitative estimate of drug-likeness (QED) is 0.890. The number of para-hydroxylation sites is 1. The highest BCUT2D eigenvalue weighted by molar-refractivity contribution is 6.02. The predicted octanol–water partition coefficient (Wildman–Crippen LogP) is 2.89. The molecule has 2 atom stereocenters. The predicted molar refractivity (Wildman–Crippen MR) is 107 cm³/mol. The van der Waals surface area contributed by atoms with Crippen molar-refractivity contribution in [2.75, 3.05) is 22.9 Å². The minimum absolute atomic E-state index is 0.0259. The standard InChI is InChI=1S/C22H24FN3O2/c1-15(27)26-20-10-3-2-6-16(20)12-21(26)22(28)24-18-8-5-11-25(14-18)19-9-4-7-17(23)13-19/h2-4,6-7,9-10,13,18,21H,5,8,11-12,14H2,1H3,(H,24,28)/t18?,21-/m0/s1. The maximum atomic E-state index is 13.5. The van der Waals surface area contributed by atoms with E-state index in [9.17, 15) is 14.0 Å². The molecular formula is C22H24FN3O2. The van der Waals surface area contributed by atoms with E-state index >= 15 is 0 Å². The number of anilines is 2. The lowest BCUT2D eigenvalue weighted by atomic mass is 10.0. The summed E-state index contributed by atoms with van der Waals surface area (Å²) in [5, 5.41) is 3.13. The van der Waals surface area contributed by atoms with Gasteiger partial charge in [0.2, 0.25) is 11.8 Å². The molecule has 0 saturated carbocycles. The van der Waals surface area contributed by atoms with Crippen LogP contribution in [-0.2, 0) is 16.0 Å². The van der Waals surface area contributed by atoms with Gasteiger partial charge in [0.15, 0.2) is 0 Å². The first kappa shape index (κ1) is 18.5. The van der Waals surface area contributed by atoms with Gasteiger partial charge < -0.3 is 10.2 Å². The van der Waals surface area contributed by atoms with Crippen molar-refractivity contribution in [1.82, 2.24) is 5.32 Å². The summed E-state index contributed by atoms with van der Waals surface area (Å²) in [5.41, 5.74) is 2.67. The van der Waals surface area contributed by atoms with Gasteiger partial charge in [-0.3, -0.25) is 14.5 Å². The van der Waals surface area contributed by atoms with Crippen molar-refractivity contribution in [2.24, 2.45) is 0 Å². The molecule has 1 saturated heterocycles. The molecule has 2 heterocycles. The number of nitrogens with zero attached hydrogens (tertiary/aromatic N) is 2. The maximum Gasteiger partial charge on any atom is 0.243 e. The van der Waals surface area contributed by atoms with Crippen molar-refractivity contribution in [3.05, 3.63) is 59.9 Å². The van der Waals surface area contributed by atoms with E-state index in [-0.39, 0.29) is 23.7 Å². The van der Waals surface area contributed by atoms with Gasteiger partial charge in [0, 0.05) is 43.9 Å². The van der Waals surface area contributed by atoms with Crippen LogP contribution >= 0.6 is 0 Å². The van der Waals surface area contributed by atoms with E-state index in [2.05, 4.69) is 10.2 Å². The lowest BCUT2D eigenvalue weighted by Crippen LogP contribution is -2.54. The third-order valence-electron chi connectivity index (χ3n) is 5.56. The molecule has 2 amide bonds. The molecule has 2 aliphatic rings. The van der Waals surface area contributed by atoms with Crippen LogP contribution in [-0.4, -0.2) is 37.0 Å². The number of amides is 2. The number of piperidine rings is 1. The second-order valence-electron chi connectivity index (χ2n) is 7.51. The summed E-state index contributed by atoms with van der Waals surface area (Å²) in [7, 11) is 0. The van der Waals surface area contributed by atoms with E-state index in [1.165, 1.54) is 19.1 Å². The van der Waals surface area contributed by atoms with Gasteiger partial charge in [0.05, 0.1) is 0 Å². The lowest BCUT2D eigenvalue weighted by molar-refractivity contribution is -0.126. The lowest BCUT2D eigenvalue weighted by Gasteiger charge is -2.35. The average molecular weight is 381 g/mol. The van der Waals surface area contributed by atoms with Crippen molar-refractivity contribution < 1.29 is 14.0 Å². The average Bonchev–Trinajstić information content (AvgIpc) is 3.08. The Hall–Kier alpha value is -2.89. The number of benzene rings is 2. The first-order chi connectivity index (χ1) is 13.5. The zero-order valence-corrected chi connectivity index (χ0v) is 15.9. The fraction of sp³-hybridized carbons (Fsp3) is 0.364. The van der Waals surface area contributed by atoms with E-state index < -0.39 is 6.04 Å². The third-order valence-corrected chi connectivity index (χ3v) is 5.56. The molecule has 0 aliphatic carbocycles. The molecule has 1 unspecified atom stereocenters. The fourth-order valence-corrected chi connectivity index (χ4v) is 4.28. The molecule has 1 N–H and O–H groups in total. The Bertz CT molecular complexity index is 901. The van der Waals surface area contributed by atoms with Crippen molar-refractivity contribution >= 4 is 23.2 Å². The first-order valence-corrected chi connectivity index (χ1v) is 9.71. The van der Waals surface area contributed by atoms with E-state index in [4.69, 9.17) is 0 Å². The highest BCUT2D eigenvalue weighted by Crippen LogP contribution is 2.32. The molecule has 5 nitrogen and oxygen atoms in total. The van der Waals surface area contributed by atoms with E-state index in [0.29, 0.717) is 13.0 Å². The molecular weight excluding hydrogens is 357 g/mol. The molecule has 146 valence electrons. The van der Waals surface area contributed by atoms with E-state index in [0.717, 1.165) is 36.3 Å². The Labute approximate surface area is 164 Å². The van der Waals surface area contributed by atoms with Gasteiger partial charge in [0.25, 0.3) is 0 Å². The van der Waals surface area contributed by atoms with Crippen LogP contribution in [0.5, 0.6) is 0 Å². The van der Waals surface area contributed by atoms with Crippen LogP contribution in [0.15, 0.2) is 48.5 Å². The molecule has 1 fully saturated rings. The summed E-state index contributed by atoms with van der Waals surface area (Å²) in [5.74, 6) is -0.517. The number of fused-ring (bicyclic) bond motifs is 1. The third kappa shape index (κ3) is 3.59. The largest absolute Gasteiger partial charge is 0.369 e. The number of rotatable bonds is 3. The molecule has 28 heavy (non-hydrogen) atoms. The van der Waals surface area contributed by atoms with Crippen LogP contribution in [0.25, 0.3) is 0 Å². The van der Waals surface area contributed by atoms with Crippen molar-refractivity contribution in [3.8, 4) is 0 Å². The Balaban J connectivity index is 1.45. The Kier molecular flexibility index (Phi) is 5.03. The minimum Gasteiger partial charge on any atom is -0.369 e. The topological polar surface area (TPSA) is 52.7 Å². The van der Waals surface area contributed by atoms with Gasteiger partial charge >= 0.3 is 0 Å². The van der Waals surface area contributed by atoms with Crippen LogP contribution < -0.4 is 15.1 Å². The number of carbonyl (C=O) groups is 2. The van der Waals surface area contributed by atoms with Crippen molar-refractivity contribution in [2.45, 2.75) is 38.3 Å². The number of nitrogens with one attached hydrogen (secondary N) is 1. The van der Waals surface area contributed by atoms with Gasteiger partial charge in [0.1, 0.15) is 11.9 Å². The van der Waals surface area contributed by atoms with Gasteiger partial charge in [-0.25, -0.2) is 4.39 Å². The van der Waals surface area contributed by atoms with Crippen LogP contribution in [0.2, 0.25) is 0 Å². The SMILES string of the molecule is CC(=O)N1c2ccccc2C[C@H]1C(=O)NC1CCCN(c2cccc(F)c2)C1. The van der Waals surface area contributed by atoms with Gasteiger partial charge in [-0.15, -0.1) is 0 Å². The Morgan fingerprint density at radius 2 is 1.96 bits per heavy atom. The summed E-state index contributed by atoms with van der Waals surface area (Å²) >= 11 is 0. The number of halogens is 1. The van der Waals surface area contributed by atoms with Crippen LogP contribution in [0.4, 0.5) is 15.8 Å². The monoisotopic (exact) mass is 381 g/mol. The van der Waals surface area contributed by atoms with Crippen LogP contribution in [0, 0.1) is 5.82 Å². The summed E-state index contributed by atoms with van der Waals surface area (Å²) in [6, 6.07) is 13.7. The van der Waals surface area contributed by atoms with E-state index in [1.807, 2.05) is 30.3 Å². The molecule has 2 aromatic carbocycles. The molecule has 0 spiro atoms. The molecule has 4 rings (SSSR count). The first-order valence-electron chi connectivity index (χ1n) is 9.71. The van der Waals surface area contributed by atoms with E-state index in [1.54, 1.807) is 11.0 Å². The Morgan fingerprint density at radius 1 is 1.14 bits per heavy atom. The van der Waals surface area contributed by atoms with Crippen LogP contribution in [0.3, 0.4) is 0 Å². The highest BCUT2D eigenvalue weighted by atomic mass is 19.1. The van der Waals surface area contributed by atoms with Crippen molar-refractivity contribution in [1.29, 1.82) is 0 Å². The zero-order chi connectivity index (χ0) is 19.7. The molecule has 2 aliphatic heterocycles. The minimum atomic E-state index is -0.514. The smallest absolute Gasteiger partial charge is 0.243 e. The van der Waals surface area contributed by atoms with Crippen molar-refractivity contribution in [3.63, 3.8) is 0 Å². The highest BCUT2D eigenvalue weighted by Gasteiger charge is 2.37. The summed E-state index contributed by atoms with van der Waals surface area (Å²) in [6.45, 7) is 2.97. The number of hydrogen-bond donors (Lipinski definition) is 1. The molecule has 2 aromatic rings. The Morgan fingerprint density at radius 3 is 2.75 bits per heavy atom. The maximum absolute atomic E-state index is 13.5. The zero-order valence-electron chi connectivity index (χ0n) is 15.9. The molecule has 0 bridgehead atoms. The van der Waals surface area contributed by atoms with Gasteiger partial charge in [-0.1, -0.05) is 24.3 Å². The van der Waals surface area contributed by atoms with Crippen LogP contribution in [0.1, 0.15) is 25.3 Å². The van der Waals surface area contributed by atoms with Gasteiger partial charge in [-0.05, 0) is 42.7 Å². The second kappa shape index (κ2) is 7.62. The summed E-state index contributed by atoms with van der Waals surface area (Å²) in [6.07, 6.45) is 2.32. The number of carbonyl (C=O) groups excluding carboxylic acids is 2. The summed E-state index contributed by atoms with van der Waals surface area (Å²) in [4.78, 5) is 28.9. The molecule has 0 radical (unpaired) electrons. The van der Waals surface area contributed by atoms with Gasteiger partial charge in [-0.2, -0.15) is 0 Å².